The smallest absolute Gasteiger partial charge is 0.241 e. The molecule has 0 spiro atoms. The average molecular weight is 374 g/mol. The summed E-state index contributed by atoms with van der Waals surface area (Å²) >= 11 is 1.33. The van der Waals surface area contributed by atoms with Crippen molar-refractivity contribution in [2.45, 2.75) is 25.7 Å². The van der Waals surface area contributed by atoms with Crippen LogP contribution in [0.1, 0.15) is 16.7 Å². The van der Waals surface area contributed by atoms with Crippen LogP contribution in [0.4, 0.5) is 5.13 Å². The highest BCUT2D eigenvalue weighted by Gasteiger charge is 2.20. The van der Waals surface area contributed by atoms with Gasteiger partial charge in [-0.15, -0.1) is 0 Å². The Balaban J connectivity index is 1.78. The van der Waals surface area contributed by atoms with E-state index in [0.717, 1.165) is 26.9 Å². The van der Waals surface area contributed by atoms with Gasteiger partial charge in [-0.05, 0) is 50.1 Å². The van der Waals surface area contributed by atoms with Gasteiger partial charge in [-0.25, -0.2) is 13.4 Å². The van der Waals surface area contributed by atoms with Crippen LogP contribution in [-0.4, -0.2) is 25.1 Å². The monoisotopic (exact) mass is 374 g/mol. The zero-order chi connectivity index (χ0) is 18.2. The molecule has 0 aliphatic carbocycles. The minimum atomic E-state index is -3.68. The lowest BCUT2D eigenvalue weighted by molar-refractivity contribution is -0.113. The molecule has 0 saturated carbocycles. The lowest BCUT2D eigenvalue weighted by atomic mass is 10.1. The van der Waals surface area contributed by atoms with Crippen molar-refractivity contribution in [1.29, 1.82) is 0 Å². The van der Waals surface area contributed by atoms with Crippen LogP contribution < -0.4 is 5.32 Å². The molecule has 1 heterocycles. The highest BCUT2D eigenvalue weighted by molar-refractivity contribution is 7.92. The summed E-state index contributed by atoms with van der Waals surface area (Å²) in [5, 5.41) is 3.01. The molecule has 0 aliphatic rings. The highest BCUT2D eigenvalue weighted by atomic mass is 32.2. The molecule has 0 bridgehead atoms. The summed E-state index contributed by atoms with van der Waals surface area (Å²) in [6.07, 6.45) is 0. The maximum Gasteiger partial charge on any atom is 0.241 e. The van der Waals surface area contributed by atoms with Gasteiger partial charge in [0.2, 0.25) is 5.91 Å². The van der Waals surface area contributed by atoms with Crippen molar-refractivity contribution >= 4 is 42.4 Å². The topological polar surface area (TPSA) is 76.1 Å². The van der Waals surface area contributed by atoms with Crippen LogP contribution in [0.2, 0.25) is 0 Å². The minimum absolute atomic E-state index is 0.143. The number of aryl methyl sites for hydroxylation is 3. The predicted octanol–water partition coefficient (Wildman–Crippen LogP) is 3.63. The molecule has 3 rings (SSSR count). The number of rotatable bonds is 4. The van der Waals surface area contributed by atoms with E-state index in [1.54, 1.807) is 12.1 Å². The fraction of sp³-hybridized carbons (Fsp3) is 0.222. The van der Waals surface area contributed by atoms with Gasteiger partial charge in [-0.3, -0.25) is 4.79 Å². The number of sulfone groups is 1. The van der Waals surface area contributed by atoms with Crippen molar-refractivity contribution in [3.05, 3.63) is 53.1 Å². The minimum Gasteiger partial charge on any atom is -0.301 e. The Morgan fingerprint density at radius 3 is 2.44 bits per heavy atom. The molecule has 0 aliphatic heterocycles. The first-order valence-corrected chi connectivity index (χ1v) is 10.2. The second-order valence-corrected chi connectivity index (χ2v) is 9.01. The van der Waals surface area contributed by atoms with E-state index in [4.69, 9.17) is 0 Å². The van der Waals surface area contributed by atoms with Crippen LogP contribution in [0.25, 0.3) is 10.2 Å². The van der Waals surface area contributed by atoms with E-state index in [0.29, 0.717) is 5.13 Å². The zero-order valence-corrected chi connectivity index (χ0v) is 15.8. The summed E-state index contributed by atoms with van der Waals surface area (Å²) in [4.78, 5) is 16.7. The van der Waals surface area contributed by atoms with Gasteiger partial charge >= 0.3 is 0 Å². The molecule has 1 aromatic heterocycles. The molecule has 25 heavy (non-hydrogen) atoms. The largest absolute Gasteiger partial charge is 0.301 e. The van der Waals surface area contributed by atoms with Gasteiger partial charge in [0.25, 0.3) is 0 Å². The quantitative estimate of drug-likeness (QED) is 0.756. The molecule has 130 valence electrons. The summed E-state index contributed by atoms with van der Waals surface area (Å²) < 4.78 is 25.6. The third kappa shape index (κ3) is 3.72. The fourth-order valence-electron chi connectivity index (χ4n) is 2.44. The second-order valence-electron chi connectivity index (χ2n) is 5.99. The number of nitrogens with one attached hydrogen (secondary N) is 1. The Kier molecular flexibility index (Phi) is 4.62. The van der Waals surface area contributed by atoms with Gasteiger partial charge in [0.15, 0.2) is 15.0 Å². The van der Waals surface area contributed by atoms with E-state index in [1.807, 2.05) is 32.9 Å². The third-order valence-corrected chi connectivity index (χ3v) is 6.60. The van der Waals surface area contributed by atoms with Crippen LogP contribution >= 0.6 is 11.3 Å². The Morgan fingerprint density at radius 1 is 1.08 bits per heavy atom. The standard InChI is InChI=1S/C18H18N2O3S2/c1-11-4-7-14(8-5-11)25(22,23)10-16(21)19-18-20-17-13(3)12(2)6-9-15(17)24-18/h4-9H,10H2,1-3H3,(H,19,20,21). The normalized spacial score (nSPS) is 11.6. The van der Waals surface area contributed by atoms with E-state index < -0.39 is 21.5 Å². The number of carbonyl (C=O) groups is 1. The van der Waals surface area contributed by atoms with E-state index in [-0.39, 0.29) is 4.90 Å². The van der Waals surface area contributed by atoms with Crippen LogP contribution in [0.5, 0.6) is 0 Å². The number of anilines is 1. The van der Waals surface area contributed by atoms with Crippen molar-refractivity contribution in [3.8, 4) is 0 Å². The summed E-state index contributed by atoms with van der Waals surface area (Å²) in [6, 6.07) is 10.4. The number of thiazole rings is 1. The number of benzene rings is 2. The molecule has 0 fully saturated rings. The van der Waals surface area contributed by atoms with E-state index in [9.17, 15) is 13.2 Å². The molecule has 0 saturated heterocycles. The summed E-state index contributed by atoms with van der Waals surface area (Å²) in [7, 11) is -3.68. The van der Waals surface area contributed by atoms with Crippen molar-refractivity contribution in [2.24, 2.45) is 0 Å². The number of nitrogens with zero attached hydrogens (tertiary/aromatic N) is 1. The molecule has 1 N–H and O–H groups in total. The number of hydrogen-bond acceptors (Lipinski definition) is 5. The first kappa shape index (κ1) is 17.6. The molecular weight excluding hydrogens is 356 g/mol. The van der Waals surface area contributed by atoms with Gasteiger partial charge in [-0.2, -0.15) is 0 Å². The SMILES string of the molecule is Cc1ccc(S(=O)(=O)CC(=O)Nc2nc3c(C)c(C)ccc3s2)cc1. The Labute approximate surface area is 150 Å². The summed E-state index contributed by atoms with van der Waals surface area (Å²) in [5.41, 5.74) is 3.98. The van der Waals surface area contributed by atoms with Gasteiger partial charge in [0.05, 0.1) is 15.1 Å². The maximum atomic E-state index is 12.3. The van der Waals surface area contributed by atoms with Gasteiger partial charge < -0.3 is 5.32 Å². The average Bonchev–Trinajstić information content (AvgIpc) is 2.94. The van der Waals surface area contributed by atoms with Gasteiger partial charge in [-0.1, -0.05) is 35.1 Å². The van der Waals surface area contributed by atoms with Crippen LogP contribution in [-0.2, 0) is 14.6 Å². The lowest BCUT2D eigenvalue weighted by Gasteiger charge is -2.05. The van der Waals surface area contributed by atoms with Crippen molar-refractivity contribution < 1.29 is 13.2 Å². The first-order valence-electron chi connectivity index (χ1n) is 7.72. The molecule has 0 radical (unpaired) electrons. The number of aromatic nitrogens is 1. The molecular formula is C18H18N2O3S2. The summed E-state index contributed by atoms with van der Waals surface area (Å²) in [6.45, 7) is 5.85. The maximum absolute atomic E-state index is 12.3. The Morgan fingerprint density at radius 2 is 1.76 bits per heavy atom. The molecule has 3 aromatic rings. The Hall–Kier alpha value is -2.25. The molecule has 0 unspecified atom stereocenters. The van der Waals surface area contributed by atoms with Crippen molar-refractivity contribution in [3.63, 3.8) is 0 Å². The first-order chi connectivity index (χ1) is 11.8. The van der Waals surface area contributed by atoms with E-state index in [2.05, 4.69) is 10.3 Å². The van der Waals surface area contributed by atoms with Crippen LogP contribution in [0, 0.1) is 20.8 Å². The van der Waals surface area contributed by atoms with Gasteiger partial charge in [0, 0.05) is 0 Å². The predicted molar refractivity (Wildman–Crippen MR) is 101 cm³/mol. The molecule has 5 nitrogen and oxygen atoms in total. The number of hydrogen-bond donors (Lipinski definition) is 1. The molecule has 1 amide bonds. The lowest BCUT2D eigenvalue weighted by Crippen LogP contribution is -2.22. The van der Waals surface area contributed by atoms with Crippen LogP contribution in [0.3, 0.4) is 0 Å². The molecule has 7 heteroatoms. The molecule has 2 aromatic carbocycles. The van der Waals surface area contributed by atoms with E-state index >= 15 is 0 Å². The number of carbonyl (C=O) groups excluding carboxylic acids is 1. The second kappa shape index (κ2) is 6.57. The van der Waals surface area contributed by atoms with Crippen molar-refractivity contribution in [1.82, 2.24) is 4.98 Å². The number of fused-ring (bicyclic) bond motifs is 1. The van der Waals surface area contributed by atoms with Crippen LogP contribution in [0.15, 0.2) is 41.3 Å². The van der Waals surface area contributed by atoms with Crippen molar-refractivity contribution in [2.75, 3.05) is 11.1 Å². The van der Waals surface area contributed by atoms with E-state index in [1.165, 1.54) is 23.5 Å². The fourth-order valence-corrected chi connectivity index (χ4v) is 4.51. The molecule has 0 atom stereocenters. The summed E-state index contributed by atoms with van der Waals surface area (Å²) in [5.74, 6) is -1.20. The zero-order valence-electron chi connectivity index (χ0n) is 14.2. The third-order valence-electron chi connectivity index (χ3n) is 4.03. The number of amides is 1. The van der Waals surface area contributed by atoms with Gasteiger partial charge in [0.1, 0.15) is 5.75 Å². The Bertz CT molecular complexity index is 1050. The highest BCUT2D eigenvalue weighted by Crippen LogP contribution is 2.29.